The second-order valence-corrected chi connectivity index (χ2v) is 8.29. The smallest absolute Gasteiger partial charge is 0.321 e. The van der Waals surface area contributed by atoms with Gasteiger partial charge < -0.3 is 20.9 Å². The van der Waals surface area contributed by atoms with Gasteiger partial charge in [-0.25, -0.2) is 4.79 Å². The Morgan fingerprint density at radius 1 is 1.07 bits per heavy atom. The second-order valence-electron chi connectivity index (χ2n) is 8.29. The minimum absolute atomic E-state index is 0.0162. The quantitative estimate of drug-likeness (QED) is 0.766. The fraction of sp³-hybridized carbons (Fsp3) is 0.619. The van der Waals surface area contributed by atoms with Crippen molar-refractivity contribution in [2.24, 2.45) is 0 Å². The van der Waals surface area contributed by atoms with Crippen LogP contribution in [0.2, 0.25) is 0 Å². The predicted octanol–water partition coefficient (Wildman–Crippen LogP) is 3.03. The molecular weight excluding hydrogens is 340 g/mol. The molecular formula is C21H30N4O2. The summed E-state index contributed by atoms with van der Waals surface area (Å²) in [5.41, 5.74) is 2.35. The standard InChI is InChI=1S/C21H30N4O2/c1-14-12-15(20(26)23-16-4-2-3-5-16)6-9-19(14)24-21(27)25-11-10-17-7-8-18(13-25)22-17/h6,9,12,16-18,22H,2-5,7-8,10-11,13H2,1H3,(H,23,26)(H,24,27). The van der Waals surface area contributed by atoms with E-state index in [1.54, 1.807) is 6.07 Å². The van der Waals surface area contributed by atoms with E-state index >= 15 is 0 Å². The molecule has 0 radical (unpaired) electrons. The first kappa shape index (κ1) is 18.3. The zero-order valence-corrected chi connectivity index (χ0v) is 16.1. The molecule has 6 heteroatoms. The van der Waals surface area contributed by atoms with E-state index < -0.39 is 0 Å². The van der Waals surface area contributed by atoms with Gasteiger partial charge in [-0.05, 0) is 62.8 Å². The third-order valence-corrected chi connectivity index (χ3v) is 6.23. The maximum atomic E-state index is 12.7. The summed E-state index contributed by atoms with van der Waals surface area (Å²) < 4.78 is 0. The first-order valence-electron chi connectivity index (χ1n) is 10.3. The molecule has 6 nitrogen and oxygen atoms in total. The third kappa shape index (κ3) is 4.26. The number of hydrogen-bond donors (Lipinski definition) is 3. The molecule has 1 aromatic carbocycles. The Hall–Kier alpha value is -2.08. The SMILES string of the molecule is Cc1cc(C(=O)NC2CCCC2)ccc1NC(=O)N1CCC2CCC(C1)N2. The van der Waals surface area contributed by atoms with Crippen molar-refractivity contribution in [1.29, 1.82) is 0 Å². The molecule has 2 aliphatic heterocycles. The summed E-state index contributed by atoms with van der Waals surface area (Å²) in [5, 5.41) is 9.75. The molecule has 1 aliphatic carbocycles. The second kappa shape index (κ2) is 7.89. The van der Waals surface area contributed by atoms with Crippen molar-refractivity contribution in [1.82, 2.24) is 15.5 Å². The van der Waals surface area contributed by atoms with Crippen molar-refractivity contribution >= 4 is 17.6 Å². The van der Waals surface area contributed by atoms with Crippen LogP contribution in [0.15, 0.2) is 18.2 Å². The van der Waals surface area contributed by atoms with E-state index in [1.165, 1.54) is 19.3 Å². The van der Waals surface area contributed by atoms with Gasteiger partial charge in [0, 0.05) is 42.5 Å². The van der Waals surface area contributed by atoms with Crippen LogP contribution in [0.3, 0.4) is 0 Å². The zero-order valence-electron chi connectivity index (χ0n) is 16.1. The molecule has 0 spiro atoms. The van der Waals surface area contributed by atoms with Crippen molar-refractivity contribution in [2.45, 2.75) is 70.0 Å². The normalized spacial score (nSPS) is 25.3. The first-order chi connectivity index (χ1) is 13.1. The molecule has 3 fully saturated rings. The summed E-state index contributed by atoms with van der Waals surface area (Å²) in [7, 11) is 0. The third-order valence-electron chi connectivity index (χ3n) is 6.23. The Labute approximate surface area is 161 Å². The van der Waals surface area contributed by atoms with Crippen LogP contribution in [0.1, 0.15) is 60.9 Å². The fourth-order valence-electron chi connectivity index (χ4n) is 4.61. The molecule has 2 unspecified atom stereocenters. The molecule has 2 heterocycles. The summed E-state index contributed by atoms with van der Waals surface area (Å²) in [6, 6.07) is 6.77. The predicted molar refractivity (Wildman–Crippen MR) is 106 cm³/mol. The van der Waals surface area contributed by atoms with E-state index in [0.717, 1.165) is 50.0 Å². The summed E-state index contributed by atoms with van der Waals surface area (Å²) in [6.45, 7) is 3.50. The minimum Gasteiger partial charge on any atom is -0.349 e. The Bertz CT molecular complexity index is 714. The lowest BCUT2D eigenvalue weighted by Crippen LogP contribution is -2.41. The van der Waals surface area contributed by atoms with Gasteiger partial charge in [-0.2, -0.15) is 0 Å². The lowest BCUT2D eigenvalue weighted by atomic mass is 10.1. The van der Waals surface area contributed by atoms with Gasteiger partial charge in [0.2, 0.25) is 0 Å². The van der Waals surface area contributed by atoms with Crippen LogP contribution >= 0.6 is 0 Å². The number of hydrogen-bond acceptors (Lipinski definition) is 3. The monoisotopic (exact) mass is 370 g/mol. The van der Waals surface area contributed by atoms with Crippen LogP contribution in [0.25, 0.3) is 0 Å². The molecule has 2 saturated heterocycles. The van der Waals surface area contributed by atoms with E-state index in [2.05, 4.69) is 16.0 Å². The van der Waals surface area contributed by atoms with E-state index in [9.17, 15) is 9.59 Å². The van der Waals surface area contributed by atoms with Crippen LogP contribution in [0.5, 0.6) is 0 Å². The number of carbonyl (C=O) groups is 2. The number of fused-ring (bicyclic) bond motifs is 2. The Kier molecular flexibility index (Phi) is 5.34. The van der Waals surface area contributed by atoms with Gasteiger partial charge >= 0.3 is 6.03 Å². The topological polar surface area (TPSA) is 73.5 Å². The number of anilines is 1. The highest BCUT2D eigenvalue weighted by Gasteiger charge is 2.31. The molecule has 1 saturated carbocycles. The Morgan fingerprint density at radius 2 is 1.85 bits per heavy atom. The van der Waals surface area contributed by atoms with Crippen LogP contribution < -0.4 is 16.0 Å². The van der Waals surface area contributed by atoms with Gasteiger partial charge in [0.25, 0.3) is 5.91 Å². The van der Waals surface area contributed by atoms with Gasteiger partial charge in [0.15, 0.2) is 0 Å². The van der Waals surface area contributed by atoms with Crippen LogP contribution in [0.4, 0.5) is 10.5 Å². The number of likely N-dealkylation sites (tertiary alicyclic amines) is 1. The van der Waals surface area contributed by atoms with E-state index in [0.29, 0.717) is 23.7 Å². The summed E-state index contributed by atoms with van der Waals surface area (Å²) in [6.07, 6.45) is 7.94. The molecule has 2 atom stereocenters. The van der Waals surface area contributed by atoms with Crippen molar-refractivity contribution in [3.8, 4) is 0 Å². The minimum atomic E-state index is -0.0457. The molecule has 3 N–H and O–H groups in total. The van der Waals surface area contributed by atoms with E-state index in [4.69, 9.17) is 0 Å². The number of aryl methyl sites for hydroxylation is 1. The van der Waals surface area contributed by atoms with Gasteiger partial charge in [0.05, 0.1) is 0 Å². The molecule has 3 aliphatic rings. The average molecular weight is 370 g/mol. The zero-order chi connectivity index (χ0) is 18.8. The van der Waals surface area contributed by atoms with Gasteiger partial charge in [-0.15, -0.1) is 0 Å². The van der Waals surface area contributed by atoms with Crippen LogP contribution in [-0.4, -0.2) is 48.1 Å². The van der Waals surface area contributed by atoms with Gasteiger partial charge in [0.1, 0.15) is 0 Å². The lowest BCUT2D eigenvalue weighted by Gasteiger charge is -2.25. The number of urea groups is 1. The van der Waals surface area contributed by atoms with Gasteiger partial charge in [-0.3, -0.25) is 4.79 Å². The summed E-state index contributed by atoms with van der Waals surface area (Å²) in [4.78, 5) is 27.1. The van der Waals surface area contributed by atoms with Crippen molar-refractivity contribution < 1.29 is 9.59 Å². The molecule has 1 aromatic rings. The number of nitrogens with zero attached hydrogens (tertiary/aromatic N) is 1. The maximum Gasteiger partial charge on any atom is 0.321 e. The van der Waals surface area contributed by atoms with Crippen LogP contribution in [0, 0.1) is 6.92 Å². The largest absolute Gasteiger partial charge is 0.349 e. The lowest BCUT2D eigenvalue weighted by molar-refractivity contribution is 0.0938. The molecule has 27 heavy (non-hydrogen) atoms. The highest BCUT2D eigenvalue weighted by Crippen LogP contribution is 2.23. The molecule has 146 valence electrons. The molecule has 4 rings (SSSR count). The number of benzene rings is 1. The first-order valence-corrected chi connectivity index (χ1v) is 10.3. The molecule has 2 bridgehead atoms. The number of nitrogens with one attached hydrogen (secondary N) is 3. The highest BCUT2D eigenvalue weighted by molar-refractivity contribution is 5.96. The van der Waals surface area contributed by atoms with Crippen molar-refractivity contribution in [3.63, 3.8) is 0 Å². The van der Waals surface area contributed by atoms with E-state index in [1.807, 2.05) is 24.0 Å². The molecule has 3 amide bonds. The number of rotatable bonds is 3. The molecule has 0 aromatic heterocycles. The average Bonchev–Trinajstić information content (AvgIpc) is 3.25. The van der Waals surface area contributed by atoms with Gasteiger partial charge in [-0.1, -0.05) is 12.8 Å². The summed E-state index contributed by atoms with van der Waals surface area (Å²) in [5.74, 6) is -0.0162. The maximum absolute atomic E-state index is 12.7. The fourth-order valence-corrected chi connectivity index (χ4v) is 4.61. The summed E-state index contributed by atoms with van der Waals surface area (Å²) >= 11 is 0. The number of carbonyl (C=O) groups excluding carboxylic acids is 2. The van der Waals surface area contributed by atoms with Crippen LogP contribution in [-0.2, 0) is 0 Å². The Morgan fingerprint density at radius 3 is 2.63 bits per heavy atom. The van der Waals surface area contributed by atoms with Crippen molar-refractivity contribution in [3.05, 3.63) is 29.3 Å². The van der Waals surface area contributed by atoms with E-state index in [-0.39, 0.29) is 11.9 Å². The number of amides is 3. The van der Waals surface area contributed by atoms with Crippen molar-refractivity contribution in [2.75, 3.05) is 18.4 Å². The Balaban J connectivity index is 1.37. The highest BCUT2D eigenvalue weighted by atomic mass is 16.2.